The van der Waals surface area contributed by atoms with Crippen molar-refractivity contribution in [3.05, 3.63) is 29.6 Å². The van der Waals surface area contributed by atoms with Gasteiger partial charge in [-0.25, -0.2) is 4.39 Å². The highest BCUT2D eigenvalue weighted by atomic mass is 19.1. The Kier molecular flexibility index (Phi) is 3.25. The van der Waals surface area contributed by atoms with Crippen molar-refractivity contribution in [2.75, 3.05) is 0 Å². The van der Waals surface area contributed by atoms with Gasteiger partial charge >= 0.3 is 0 Å². The van der Waals surface area contributed by atoms with Gasteiger partial charge in [0.15, 0.2) is 0 Å². The molecule has 0 saturated heterocycles. The number of rotatable bonds is 3. The fourth-order valence-electron chi connectivity index (χ4n) is 1.06. The van der Waals surface area contributed by atoms with Gasteiger partial charge in [-0.05, 0) is 26.0 Å². The minimum absolute atomic E-state index is 0.0212. The summed E-state index contributed by atoms with van der Waals surface area (Å²) in [6.07, 6.45) is -0.0212. The van der Waals surface area contributed by atoms with E-state index in [-0.39, 0.29) is 18.3 Å². The highest BCUT2D eigenvalue weighted by Crippen LogP contribution is 2.22. The van der Waals surface area contributed by atoms with Crippen LogP contribution in [0.15, 0.2) is 18.2 Å². The summed E-state index contributed by atoms with van der Waals surface area (Å²) in [7, 11) is 0. The Labute approximate surface area is 77.0 Å². The van der Waals surface area contributed by atoms with E-state index in [9.17, 15) is 4.39 Å². The summed E-state index contributed by atoms with van der Waals surface area (Å²) in [6.45, 7) is 3.37. The van der Waals surface area contributed by atoms with Crippen LogP contribution in [-0.4, -0.2) is 11.2 Å². The van der Waals surface area contributed by atoms with E-state index < -0.39 is 5.82 Å². The van der Waals surface area contributed by atoms with Crippen LogP contribution in [-0.2, 0) is 6.61 Å². The first-order chi connectivity index (χ1) is 6.15. The van der Waals surface area contributed by atoms with Crippen molar-refractivity contribution >= 4 is 0 Å². The normalized spacial score (nSPS) is 10.5. The average molecular weight is 184 g/mol. The van der Waals surface area contributed by atoms with Crippen LogP contribution in [0.5, 0.6) is 5.75 Å². The quantitative estimate of drug-likeness (QED) is 0.779. The molecule has 0 aliphatic heterocycles. The SMILES string of the molecule is CC(C)Oc1cccc(F)c1CO. The van der Waals surface area contributed by atoms with Crippen LogP contribution in [0.2, 0.25) is 0 Å². The lowest BCUT2D eigenvalue weighted by Crippen LogP contribution is -2.08. The first-order valence-corrected chi connectivity index (χ1v) is 4.20. The molecule has 0 aliphatic carbocycles. The molecule has 72 valence electrons. The van der Waals surface area contributed by atoms with Crippen LogP contribution in [0.3, 0.4) is 0 Å². The third kappa shape index (κ3) is 2.42. The minimum Gasteiger partial charge on any atom is -0.491 e. The fourth-order valence-corrected chi connectivity index (χ4v) is 1.06. The third-order valence-corrected chi connectivity index (χ3v) is 1.60. The van der Waals surface area contributed by atoms with Crippen molar-refractivity contribution in [2.24, 2.45) is 0 Å². The molecule has 0 unspecified atom stereocenters. The topological polar surface area (TPSA) is 29.5 Å². The van der Waals surface area contributed by atoms with Crippen molar-refractivity contribution in [1.29, 1.82) is 0 Å². The standard InChI is InChI=1S/C10H13FO2/c1-7(2)13-10-5-3-4-9(11)8(10)6-12/h3-5,7,12H,6H2,1-2H3. The van der Waals surface area contributed by atoms with E-state index in [2.05, 4.69) is 0 Å². The molecule has 13 heavy (non-hydrogen) atoms. The highest BCUT2D eigenvalue weighted by molar-refractivity contribution is 5.34. The average Bonchev–Trinajstić information content (AvgIpc) is 2.03. The predicted octanol–water partition coefficient (Wildman–Crippen LogP) is 2.11. The lowest BCUT2D eigenvalue weighted by molar-refractivity contribution is 0.222. The summed E-state index contributed by atoms with van der Waals surface area (Å²) in [5.41, 5.74) is 0.219. The molecule has 0 heterocycles. The van der Waals surface area contributed by atoms with Crippen LogP contribution in [0.1, 0.15) is 19.4 Å². The largest absolute Gasteiger partial charge is 0.491 e. The van der Waals surface area contributed by atoms with E-state index in [1.165, 1.54) is 6.07 Å². The Balaban J connectivity index is 2.98. The Bertz CT molecular complexity index is 284. The summed E-state index contributed by atoms with van der Waals surface area (Å²) < 4.78 is 18.4. The van der Waals surface area contributed by atoms with Gasteiger partial charge in [0.25, 0.3) is 0 Å². The molecule has 0 fully saturated rings. The summed E-state index contributed by atoms with van der Waals surface area (Å²) >= 11 is 0. The summed E-state index contributed by atoms with van der Waals surface area (Å²) in [6, 6.07) is 4.51. The smallest absolute Gasteiger partial charge is 0.132 e. The molecule has 0 saturated carbocycles. The van der Waals surface area contributed by atoms with Gasteiger partial charge in [-0.2, -0.15) is 0 Å². The summed E-state index contributed by atoms with van der Waals surface area (Å²) in [4.78, 5) is 0. The van der Waals surface area contributed by atoms with Gasteiger partial charge in [-0.3, -0.25) is 0 Å². The first-order valence-electron chi connectivity index (χ1n) is 4.20. The van der Waals surface area contributed by atoms with Crippen molar-refractivity contribution in [2.45, 2.75) is 26.6 Å². The van der Waals surface area contributed by atoms with Gasteiger partial charge < -0.3 is 9.84 Å². The van der Waals surface area contributed by atoms with Gasteiger partial charge in [-0.15, -0.1) is 0 Å². The molecule has 0 atom stereocenters. The second-order valence-corrected chi connectivity index (χ2v) is 3.04. The first kappa shape index (κ1) is 9.99. The van der Waals surface area contributed by atoms with Gasteiger partial charge in [0.2, 0.25) is 0 Å². The van der Waals surface area contributed by atoms with Gasteiger partial charge in [0.05, 0.1) is 18.3 Å². The van der Waals surface area contributed by atoms with Crippen molar-refractivity contribution in [1.82, 2.24) is 0 Å². The molecule has 0 bridgehead atoms. The summed E-state index contributed by atoms with van der Waals surface area (Å²) in [5.74, 6) is -0.0156. The lowest BCUT2D eigenvalue weighted by atomic mass is 10.2. The molecule has 1 aromatic carbocycles. The number of hydrogen-bond acceptors (Lipinski definition) is 2. The number of benzene rings is 1. The molecule has 0 aliphatic rings. The van der Waals surface area contributed by atoms with Crippen LogP contribution in [0, 0.1) is 5.82 Å². The van der Waals surface area contributed by atoms with Gasteiger partial charge in [-0.1, -0.05) is 6.07 Å². The third-order valence-electron chi connectivity index (χ3n) is 1.60. The minimum atomic E-state index is -0.430. The molecule has 3 heteroatoms. The molecule has 1 aromatic rings. The van der Waals surface area contributed by atoms with E-state index >= 15 is 0 Å². The zero-order chi connectivity index (χ0) is 9.84. The van der Waals surface area contributed by atoms with E-state index in [1.54, 1.807) is 12.1 Å². The second kappa shape index (κ2) is 4.23. The van der Waals surface area contributed by atoms with Crippen LogP contribution >= 0.6 is 0 Å². The van der Waals surface area contributed by atoms with E-state index in [0.717, 1.165) is 0 Å². The van der Waals surface area contributed by atoms with Crippen molar-refractivity contribution < 1.29 is 14.2 Å². The van der Waals surface area contributed by atoms with Crippen LogP contribution in [0.25, 0.3) is 0 Å². The van der Waals surface area contributed by atoms with Gasteiger partial charge in [0.1, 0.15) is 11.6 Å². The van der Waals surface area contributed by atoms with Crippen molar-refractivity contribution in [3.8, 4) is 5.75 Å². The monoisotopic (exact) mass is 184 g/mol. The number of aliphatic hydroxyl groups is 1. The van der Waals surface area contributed by atoms with Crippen LogP contribution < -0.4 is 4.74 Å². The lowest BCUT2D eigenvalue weighted by Gasteiger charge is -2.13. The maximum absolute atomic E-state index is 13.1. The Morgan fingerprint density at radius 1 is 1.46 bits per heavy atom. The number of ether oxygens (including phenoxy) is 1. The van der Waals surface area contributed by atoms with E-state index in [0.29, 0.717) is 5.75 Å². The molecular weight excluding hydrogens is 171 g/mol. The predicted molar refractivity (Wildman–Crippen MR) is 48.1 cm³/mol. The zero-order valence-electron chi connectivity index (χ0n) is 7.75. The van der Waals surface area contributed by atoms with E-state index in [1.807, 2.05) is 13.8 Å². The number of halogens is 1. The zero-order valence-corrected chi connectivity index (χ0v) is 7.75. The van der Waals surface area contributed by atoms with Crippen molar-refractivity contribution in [3.63, 3.8) is 0 Å². The Morgan fingerprint density at radius 2 is 2.15 bits per heavy atom. The Hall–Kier alpha value is -1.09. The highest BCUT2D eigenvalue weighted by Gasteiger charge is 2.08. The molecular formula is C10H13FO2. The number of hydrogen-bond donors (Lipinski definition) is 1. The molecule has 1 rings (SSSR count). The fraction of sp³-hybridized carbons (Fsp3) is 0.400. The Morgan fingerprint density at radius 3 is 2.69 bits per heavy atom. The maximum Gasteiger partial charge on any atom is 0.132 e. The maximum atomic E-state index is 13.1. The molecule has 0 spiro atoms. The number of aliphatic hydroxyl groups excluding tert-OH is 1. The molecule has 0 radical (unpaired) electrons. The van der Waals surface area contributed by atoms with Gasteiger partial charge in [0, 0.05) is 0 Å². The molecule has 2 nitrogen and oxygen atoms in total. The van der Waals surface area contributed by atoms with E-state index in [4.69, 9.17) is 9.84 Å². The van der Waals surface area contributed by atoms with Crippen LogP contribution in [0.4, 0.5) is 4.39 Å². The summed E-state index contributed by atoms with van der Waals surface area (Å²) in [5, 5.41) is 8.89. The molecule has 1 N–H and O–H groups in total. The second-order valence-electron chi connectivity index (χ2n) is 3.04. The molecule has 0 aromatic heterocycles. The molecule has 0 amide bonds.